The highest BCUT2D eigenvalue weighted by Gasteiger charge is 2.26. The minimum Gasteiger partial charge on any atom is -0.326 e. The summed E-state index contributed by atoms with van der Waals surface area (Å²) < 4.78 is 0. The topological polar surface area (TPSA) is 66.0 Å². The van der Waals surface area contributed by atoms with Crippen LogP contribution in [0.25, 0.3) is 0 Å². The molecule has 0 radical (unpaired) electrons. The van der Waals surface area contributed by atoms with Crippen molar-refractivity contribution in [1.29, 1.82) is 0 Å². The van der Waals surface area contributed by atoms with E-state index in [4.69, 9.17) is 0 Å². The summed E-state index contributed by atoms with van der Waals surface area (Å²) in [6.07, 6.45) is 7.24. The Bertz CT molecular complexity index is 635. The molecule has 0 spiro atoms. The summed E-state index contributed by atoms with van der Waals surface area (Å²) in [5.41, 5.74) is 8.77. The standard InChI is InChI=1S/C19H24N4O.2ClH/c24-19(22-17-10-12-20-13-11-17)16-6-8-18(9-7-16)23-21-14-15-4-2-1-3-5-15;;/h1-5,10-13,16,18,21,23H,6-9,14H2,(H,20,22,24);2*1H. The molecule has 1 saturated carbocycles. The lowest BCUT2D eigenvalue weighted by Gasteiger charge is -2.28. The van der Waals surface area contributed by atoms with Crippen LogP contribution in [0.1, 0.15) is 31.2 Å². The van der Waals surface area contributed by atoms with Crippen LogP contribution in [-0.4, -0.2) is 16.9 Å². The minimum atomic E-state index is 0. The molecule has 0 saturated heterocycles. The second kappa shape index (κ2) is 11.9. The van der Waals surface area contributed by atoms with Gasteiger partial charge in [-0.15, -0.1) is 24.8 Å². The molecular weight excluding hydrogens is 371 g/mol. The number of anilines is 1. The molecule has 3 N–H and O–H groups in total. The number of carbonyl (C=O) groups excluding carboxylic acids is 1. The molecule has 1 aromatic carbocycles. The van der Waals surface area contributed by atoms with Gasteiger partial charge in [-0.1, -0.05) is 30.3 Å². The van der Waals surface area contributed by atoms with Gasteiger partial charge in [-0.25, -0.2) is 0 Å². The van der Waals surface area contributed by atoms with E-state index in [0.29, 0.717) is 6.04 Å². The number of amides is 1. The van der Waals surface area contributed by atoms with Crippen LogP contribution >= 0.6 is 24.8 Å². The number of pyridine rings is 1. The van der Waals surface area contributed by atoms with E-state index in [-0.39, 0.29) is 36.6 Å². The molecule has 0 atom stereocenters. The molecule has 1 aliphatic carbocycles. The lowest BCUT2D eigenvalue weighted by molar-refractivity contribution is -0.120. The predicted molar refractivity (Wildman–Crippen MR) is 110 cm³/mol. The van der Waals surface area contributed by atoms with Crippen molar-refractivity contribution in [2.75, 3.05) is 5.32 Å². The highest BCUT2D eigenvalue weighted by Crippen LogP contribution is 2.25. The van der Waals surface area contributed by atoms with Crippen LogP contribution < -0.4 is 16.2 Å². The van der Waals surface area contributed by atoms with Crippen LogP contribution in [0.15, 0.2) is 54.9 Å². The Labute approximate surface area is 167 Å². The van der Waals surface area contributed by atoms with Gasteiger partial charge in [-0.3, -0.25) is 20.6 Å². The number of nitrogens with one attached hydrogen (secondary N) is 3. The van der Waals surface area contributed by atoms with Gasteiger partial charge >= 0.3 is 0 Å². The molecule has 5 nitrogen and oxygen atoms in total. The second-order valence-corrected chi connectivity index (χ2v) is 6.26. The molecule has 1 aliphatic rings. The Balaban J connectivity index is 0.00000169. The molecular formula is C19H26Cl2N4O. The van der Waals surface area contributed by atoms with E-state index in [1.54, 1.807) is 12.4 Å². The smallest absolute Gasteiger partial charge is 0.227 e. The summed E-state index contributed by atoms with van der Waals surface area (Å²) in [5.74, 6) is 0.224. The van der Waals surface area contributed by atoms with Crippen molar-refractivity contribution >= 4 is 36.4 Å². The van der Waals surface area contributed by atoms with Gasteiger partial charge in [0.25, 0.3) is 0 Å². The number of halogens is 2. The van der Waals surface area contributed by atoms with Crippen LogP contribution in [-0.2, 0) is 11.3 Å². The Morgan fingerprint density at radius 3 is 2.27 bits per heavy atom. The third-order valence-electron chi connectivity index (χ3n) is 4.49. The summed E-state index contributed by atoms with van der Waals surface area (Å²) >= 11 is 0. The Morgan fingerprint density at radius 1 is 0.962 bits per heavy atom. The van der Waals surface area contributed by atoms with Crippen molar-refractivity contribution in [3.8, 4) is 0 Å². The van der Waals surface area contributed by atoms with E-state index in [9.17, 15) is 4.79 Å². The SMILES string of the molecule is Cl.Cl.O=C(Nc1ccncc1)C1CCC(NNCc2ccccc2)CC1. The molecule has 1 fully saturated rings. The van der Waals surface area contributed by atoms with E-state index >= 15 is 0 Å². The van der Waals surface area contributed by atoms with Gasteiger partial charge in [-0.2, -0.15) is 0 Å². The molecule has 1 amide bonds. The van der Waals surface area contributed by atoms with Crippen LogP contribution in [0.2, 0.25) is 0 Å². The van der Waals surface area contributed by atoms with Gasteiger partial charge in [0.2, 0.25) is 5.91 Å². The van der Waals surface area contributed by atoms with Gasteiger partial charge < -0.3 is 5.32 Å². The monoisotopic (exact) mass is 396 g/mol. The number of hydrogen-bond acceptors (Lipinski definition) is 4. The van der Waals surface area contributed by atoms with E-state index < -0.39 is 0 Å². The van der Waals surface area contributed by atoms with Crippen molar-refractivity contribution in [3.63, 3.8) is 0 Å². The zero-order chi connectivity index (χ0) is 16.6. The third kappa shape index (κ3) is 6.92. The average Bonchev–Trinajstić information content (AvgIpc) is 2.64. The Morgan fingerprint density at radius 2 is 1.62 bits per heavy atom. The van der Waals surface area contributed by atoms with Gasteiger partial charge in [0.05, 0.1) is 0 Å². The van der Waals surface area contributed by atoms with Crippen LogP contribution in [0, 0.1) is 5.92 Å². The maximum atomic E-state index is 12.3. The number of hydrazine groups is 1. The van der Waals surface area contributed by atoms with Crippen LogP contribution in [0.5, 0.6) is 0 Å². The van der Waals surface area contributed by atoms with Crippen molar-refractivity contribution in [3.05, 3.63) is 60.4 Å². The number of carbonyl (C=O) groups is 1. The predicted octanol–water partition coefficient (Wildman–Crippen LogP) is 3.72. The first-order valence-electron chi connectivity index (χ1n) is 8.54. The first kappa shape index (κ1) is 22.4. The van der Waals surface area contributed by atoms with E-state index in [1.165, 1.54) is 5.56 Å². The number of aromatic nitrogens is 1. The number of rotatable bonds is 6. The number of hydrogen-bond donors (Lipinski definition) is 3. The minimum absolute atomic E-state index is 0. The summed E-state index contributed by atoms with van der Waals surface area (Å²) in [4.78, 5) is 16.3. The fourth-order valence-corrected chi connectivity index (χ4v) is 3.07. The van der Waals surface area contributed by atoms with Crippen molar-refractivity contribution < 1.29 is 4.79 Å². The molecule has 7 heteroatoms. The summed E-state index contributed by atoms with van der Waals surface area (Å²) in [6, 6.07) is 14.4. The summed E-state index contributed by atoms with van der Waals surface area (Å²) in [7, 11) is 0. The summed E-state index contributed by atoms with van der Waals surface area (Å²) in [6.45, 7) is 0.809. The molecule has 1 heterocycles. The average molecular weight is 397 g/mol. The Hall–Kier alpha value is -1.66. The molecule has 0 bridgehead atoms. The maximum Gasteiger partial charge on any atom is 0.227 e. The Kier molecular flexibility index (Phi) is 10.2. The van der Waals surface area contributed by atoms with Gasteiger partial charge in [0.15, 0.2) is 0 Å². The normalized spacial score (nSPS) is 18.9. The van der Waals surface area contributed by atoms with Crippen molar-refractivity contribution in [2.24, 2.45) is 5.92 Å². The molecule has 1 aromatic heterocycles. The van der Waals surface area contributed by atoms with E-state index in [2.05, 4.69) is 33.3 Å². The largest absolute Gasteiger partial charge is 0.326 e. The van der Waals surface area contributed by atoms with E-state index in [0.717, 1.165) is 37.9 Å². The lowest BCUT2D eigenvalue weighted by atomic mass is 9.85. The first-order chi connectivity index (χ1) is 11.8. The maximum absolute atomic E-state index is 12.3. The van der Waals surface area contributed by atoms with Crippen molar-refractivity contribution in [2.45, 2.75) is 38.3 Å². The van der Waals surface area contributed by atoms with Crippen LogP contribution in [0.4, 0.5) is 5.69 Å². The molecule has 142 valence electrons. The first-order valence-corrected chi connectivity index (χ1v) is 8.54. The van der Waals surface area contributed by atoms with E-state index in [1.807, 2.05) is 30.3 Å². The number of nitrogens with zero attached hydrogens (tertiary/aromatic N) is 1. The van der Waals surface area contributed by atoms with Crippen LogP contribution in [0.3, 0.4) is 0 Å². The molecule has 0 unspecified atom stereocenters. The highest BCUT2D eigenvalue weighted by atomic mass is 35.5. The zero-order valence-electron chi connectivity index (χ0n) is 14.6. The quantitative estimate of drug-likeness (QED) is 0.650. The van der Waals surface area contributed by atoms with Gasteiger partial charge in [-0.05, 0) is 43.4 Å². The number of benzene rings is 1. The molecule has 0 aliphatic heterocycles. The molecule has 3 rings (SSSR count). The molecule has 2 aromatic rings. The zero-order valence-corrected chi connectivity index (χ0v) is 16.2. The fourth-order valence-electron chi connectivity index (χ4n) is 3.07. The fraction of sp³-hybridized carbons (Fsp3) is 0.368. The summed E-state index contributed by atoms with van der Waals surface area (Å²) in [5, 5.41) is 2.98. The van der Waals surface area contributed by atoms with Gasteiger partial charge in [0, 0.05) is 36.6 Å². The molecule has 26 heavy (non-hydrogen) atoms. The van der Waals surface area contributed by atoms with Gasteiger partial charge in [0.1, 0.15) is 0 Å². The van der Waals surface area contributed by atoms with Crippen molar-refractivity contribution in [1.82, 2.24) is 15.8 Å². The highest BCUT2D eigenvalue weighted by molar-refractivity contribution is 5.92. The third-order valence-corrected chi connectivity index (χ3v) is 4.49. The second-order valence-electron chi connectivity index (χ2n) is 6.26. The lowest BCUT2D eigenvalue weighted by Crippen LogP contribution is -2.43.